The molecule has 3 fully saturated rings. The van der Waals surface area contributed by atoms with Gasteiger partial charge in [0.1, 0.15) is 0 Å². The summed E-state index contributed by atoms with van der Waals surface area (Å²) < 4.78 is 0. The van der Waals surface area contributed by atoms with Crippen LogP contribution in [-0.4, -0.2) is 67.7 Å². The molecule has 2 N–H and O–H groups in total. The lowest BCUT2D eigenvalue weighted by Crippen LogP contribution is -2.54. The van der Waals surface area contributed by atoms with Crippen LogP contribution in [0, 0.1) is 5.92 Å². The fraction of sp³-hybridized carbons (Fsp3) is 0.941. The number of hydrogen-bond acceptors (Lipinski definition) is 3. The molecule has 5 nitrogen and oxygen atoms in total. The molecule has 0 aromatic rings. The van der Waals surface area contributed by atoms with Gasteiger partial charge in [-0.25, -0.2) is 4.79 Å². The number of piperazine rings is 1. The number of nitrogens with zero attached hydrogens (tertiary/aromatic N) is 2. The first-order chi connectivity index (χ1) is 10.8. The van der Waals surface area contributed by atoms with Crippen LogP contribution < -0.4 is 10.6 Å². The van der Waals surface area contributed by atoms with Crippen LogP contribution >= 0.6 is 0 Å². The van der Waals surface area contributed by atoms with Gasteiger partial charge in [0.25, 0.3) is 0 Å². The Morgan fingerprint density at radius 1 is 1.05 bits per heavy atom. The van der Waals surface area contributed by atoms with Crippen LogP contribution in [0.1, 0.15) is 44.9 Å². The van der Waals surface area contributed by atoms with Crippen LogP contribution in [0.2, 0.25) is 0 Å². The van der Waals surface area contributed by atoms with Crippen LogP contribution in [-0.2, 0) is 0 Å². The Bertz CT molecular complexity index is 343. The van der Waals surface area contributed by atoms with Crippen molar-refractivity contribution in [3.05, 3.63) is 0 Å². The summed E-state index contributed by atoms with van der Waals surface area (Å²) in [6, 6.07) is 0.844. The molecule has 5 heteroatoms. The summed E-state index contributed by atoms with van der Waals surface area (Å²) in [7, 11) is 0. The molecule has 0 radical (unpaired) electrons. The second-order valence-electron chi connectivity index (χ2n) is 7.19. The molecule has 3 rings (SSSR count). The molecule has 2 heterocycles. The van der Waals surface area contributed by atoms with Crippen LogP contribution in [0.15, 0.2) is 0 Å². The van der Waals surface area contributed by atoms with Crippen molar-refractivity contribution >= 4 is 6.03 Å². The molecular formula is C17H32N4O. The topological polar surface area (TPSA) is 47.6 Å². The molecule has 1 aliphatic carbocycles. The number of carbonyl (C=O) groups is 1. The molecule has 0 aromatic carbocycles. The average Bonchev–Trinajstić information content (AvgIpc) is 3.10. The molecule has 1 atom stereocenters. The highest BCUT2D eigenvalue weighted by atomic mass is 16.2. The Balaban J connectivity index is 1.31. The minimum Gasteiger partial charge on any atom is -0.338 e. The van der Waals surface area contributed by atoms with Crippen LogP contribution in [0.25, 0.3) is 0 Å². The zero-order chi connectivity index (χ0) is 15.2. The minimum atomic E-state index is 0.153. The van der Waals surface area contributed by atoms with Gasteiger partial charge in [-0.15, -0.1) is 0 Å². The van der Waals surface area contributed by atoms with Crippen LogP contribution in [0.4, 0.5) is 4.79 Å². The van der Waals surface area contributed by atoms with E-state index in [4.69, 9.17) is 0 Å². The molecule has 0 bridgehead atoms. The van der Waals surface area contributed by atoms with Crippen molar-refractivity contribution in [3.63, 3.8) is 0 Å². The van der Waals surface area contributed by atoms with Gasteiger partial charge in [0.05, 0.1) is 0 Å². The van der Waals surface area contributed by atoms with E-state index in [2.05, 4.69) is 15.5 Å². The SMILES string of the molecule is O=C(NCCC1CCCCC1)N1CCN(C2CCNC2)CC1. The highest BCUT2D eigenvalue weighted by Crippen LogP contribution is 2.25. The van der Waals surface area contributed by atoms with Gasteiger partial charge in [0.15, 0.2) is 0 Å². The van der Waals surface area contributed by atoms with Crippen molar-refractivity contribution in [1.82, 2.24) is 20.4 Å². The molecular weight excluding hydrogens is 276 g/mol. The first-order valence-corrected chi connectivity index (χ1v) is 9.30. The van der Waals surface area contributed by atoms with E-state index >= 15 is 0 Å². The predicted octanol–water partition coefficient (Wildman–Crippen LogP) is 1.65. The number of urea groups is 1. The quantitative estimate of drug-likeness (QED) is 0.830. The lowest BCUT2D eigenvalue weighted by atomic mass is 9.87. The maximum atomic E-state index is 12.3. The Kier molecular flexibility index (Phi) is 5.96. The Labute approximate surface area is 134 Å². The maximum absolute atomic E-state index is 12.3. The highest BCUT2D eigenvalue weighted by molar-refractivity contribution is 5.74. The van der Waals surface area contributed by atoms with Crippen molar-refractivity contribution in [2.45, 2.75) is 51.0 Å². The zero-order valence-corrected chi connectivity index (χ0v) is 13.9. The van der Waals surface area contributed by atoms with Gasteiger partial charge in [-0.3, -0.25) is 4.90 Å². The van der Waals surface area contributed by atoms with Gasteiger partial charge in [-0.1, -0.05) is 32.1 Å². The van der Waals surface area contributed by atoms with E-state index in [-0.39, 0.29) is 6.03 Å². The summed E-state index contributed by atoms with van der Waals surface area (Å²) in [5.74, 6) is 0.848. The summed E-state index contributed by atoms with van der Waals surface area (Å²) in [4.78, 5) is 16.8. The van der Waals surface area contributed by atoms with Crippen molar-refractivity contribution in [3.8, 4) is 0 Å². The standard InChI is InChI=1S/C17H32N4O/c22-17(19-9-6-15-4-2-1-3-5-15)21-12-10-20(11-13-21)16-7-8-18-14-16/h15-16,18H,1-14H2,(H,19,22). The molecule has 3 aliphatic rings. The number of amides is 2. The summed E-state index contributed by atoms with van der Waals surface area (Å²) in [5, 5.41) is 6.57. The van der Waals surface area contributed by atoms with Gasteiger partial charge < -0.3 is 15.5 Å². The van der Waals surface area contributed by atoms with Gasteiger partial charge >= 0.3 is 6.03 Å². The molecule has 2 saturated heterocycles. The number of carbonyl (C=O) groups excluding carboxylic acids is 1. The van der Waals surface area contributed by atoms with Gasteiger partial charge in [-0.2, -0.15) is 0 Å². The monoisotopic (exact) mass is 308 g/mol. The van der Waals surface area contributed by atoms with Crippen molar-refractivity contribution in [2.75, 3.05) is 45.8 Å². The first-order valence-electron chi connectivity index (χ1n) is 9.30. The third kappa shape index (κ3) is 4.35. The largest absolute Gasteiger partial charge is 0.338 e. The second-order valence-corrected chi connectivity index (χ2v) is 7.19. The number of nitrogens with one attached hydrogen (secondary N) is 2. The summed E-state index contributed by atoms with van der Waals surface area (Å²) in [5.41, 5.74) is 0. The van der Waals surface area contributed by atoms with Crippen LogP contribution in [0.3, 0.4) is 0 Å². The molecule has 126 valence electrons. The second kappa shape index (κ2) is 8.16. The van der Waals surface area contributed by atoms with Crippen molar-refractivity contribution in [2.24, 2.45) is 5.92 Å². The molecule has 22 heavy (non-hydrogen) atoms. The van der Waals surface area contributed by atoms with Gasteiger partial charge in [-0.05, 0) is 25.3 Å². The van der Waals surface area contributed by atoms with E-state index in [0.717, 1.165) is 51.7 Å². The minimum absolute atomic E-state index is 0.153. The highest BCUT2D eigenvalue weighted by Gasteiger charge is 2.27. The number of rotatable bonds is 4. The van der Waals surface area contributed by atoms with E-state index in [0.29, 0.717) is 6.04 Å². The fourth-order valence-corrected chi connectivity index (χ4v) is 4.21. The number of hydrogen-bond donors (Lipinski definition) is 2. The van der Waals surface area contributed by atoms with E-state index < -0.39 is 0 Å². The van der Waals surface area contributed by atoms with E-state index in [1.807, 2.05) is 4.90 Å². The maximum Gasteiger partial charge on any atom is 0.317 e. The lowest BCUT2D eigenvalue weighted by molar-refractivity contribution is 0.114. The normalized spacial score (nSPS) is 28.0. The molecule has 1 saturated carbocycles. The third-order valence-corrected chi connectivity index (χ3v) is 5.71. The predicted molar refractivity (Wildman–Crippen MR) is 89.0 cm³/mol. The van der Waals surface area contributed by atoms with Gasteiger partial charge in [0, 0.05) is 45.3 Å². The van der Waals surface area contributed by atoms with Crippen LogP contribution in [0.5, 0.6) is 0 Å². The summed E-state index contributed by atoms with van der Waals surface area (Å²) in [6.07, 6.45) is 9.33. The Hall–Kier alpha value is -0.810. The zero-order valence-electron chi connectivity index (χ0n) is 13.9. The Morgan fingerprint density at radius 2 is 1.82 bits per heavy atom. The van der Waals surface area contributed by atoms with Crippen molar-refractivity contribution in [1.29, 1.82) is 0 Å². The van der Waals surface area contributed by atoms with Crippen molar-refractivity contribution < 1.29 is 4.79 Å². The first kappa shape index (κ1) is 16.1. The summed E-state index contributed by atoms with van der Waals surface area (Å²) >= 11 is 0. The molecule has 1 unspecified atom stereocenters. The fourth-order valence-electron chi connectivity index (χ4n) is 4.21. The summed E-state index contributed by atoms with van der Waals surface area (Å²) in [6.45, 7) is 6.94. The molecule has 2 aliphatic heterocycles. The van der Waals surface area contributed by atoms with E-state index in [1.54, 1.807) is 0 Å². The average molecular weight is 308 g/mol. The van der Waals surface area contributed by atoms with E-state index in [9.17, 15) is 4.79 Å². The van der Waals surface area contributed by atoms with E-state index in [1.165, 1.54) is 44.9 Å². The molecule has 2 amide bonds. The molecule has 0 spiro atoms. The van der Waals surface area contributed by atoms with Gasteiger partial charge in [0.2, 0.25) is 0 Å². The molecule has 0 aromatic heterocycles. The smallest absolute Gasteiger partial charge is 0.317 e. The third-order valence-electron chi connectivity index (χ3n) is 5.71. The lowest BCUT2D eigenvalue weighted by Gasteiger charge is -2.37. The Morgan fingerprint density at radius 3 is 2.50 bits per heavy atom.